The molecule has 1 atom stereocenters. The number of benzene rings is 2. The van der Waals surface area contributed by atoms with E-state index in [0.29, 0.717) is 35.2 Å². The number of carboxylic acid groups (broad SMARTS) is 1. The minimum atomic E-state index is -0.982. The Labute approximate surface area is 226 Å². The number of hydrogen-bond donors (Lipinski definition) is 3. The molecule has 0 radical (unpaired) electrons. The Morgan fingerprint density at radius 3 is 2.75 bits per heavy atom. The predicted molar refractivity (Wildman–Crippen MR) is 142 cm³/mol. The number of aryl methyl sites for hydroxylation is 1. The van der Waals surface area contributed by atoms with Crippen molar-refractivity contribution in [1.82, 2.24) is 29.8 Å². The quantitative estimate of drug-likeness (QED) is 0.296. The molecule has 202 valence electrons. The zero-order valence-corrected chi connectivity index (χ0v) is 21.6. The van der Waals surface area contributed by atoms with Gasteiger partial charge in [0.25, 0.3) is 11.8 Å². The number of aromatic nitrogens is 4. The Hall–Kier alpha value is -5.26. The van der Waals surface area contributed by atoms with Crippen molar-refractivity contribution in [1.29, 1.82) is 0 Å². The van der Waals surface area contributed by atoms with Crippen molar-refractivity contribution in [3.05, 3.63) is 98.4 Å². The highest BCUT2D eigenvalue weighted by Crippen LogP contribution is 2.35. The molecule has 3 aromatic heterocycles. The van der Waals surface area contributed by atoms with Gasteiger partial charge in [-0.3, -0.25) is 14.2 Å². The summed E-state index contributed by atoms with van der Waals surface area (Å²) in [6.45, 7) is 1.94. The number of fused-ring (bicyclic) bond motifs is 3. The molecule has 12 heteroatoms. The lowest BCUT2D eigenvalue weighted by Gasteiger charge is -2.16. The molecule has 2 aromatic carbocycles. The van der Waals surface area contributed by atoms with Crippen LogP contribution in [0.1, 0.15) is 66.1 Å². The lowest BCUT2D eigenvalue weighted by atomic mass is 9.98. The summed E-state index contributed by atoms with van der Waals surface area (Å²) in [5, 5.41) is 19.4. The fourth-order valence-electron chi connectivity index (χ4n) is 5.24. The summed E-state index contributed by atoms with van der Waals surface area (Å²) in [6, 6.07) is 11.2. The Morgan fingerprint density at radius 2 is 1.95 bits per heavy atom. The van der Waals surface area contributed by atoms with E-state index in [4.69, 9.17) is 4.42 Å². The summed E-state index contributed by atoms with van der Waals surface area (Å²) < 4.78 is 7.90. The van der Waals surface area contributed by atoms with Crippen LogP contribution in [0, 0.1) is 6.92 Å². The van der Waals surface area contributed by atoms with Crippen molar-refractivity contribution >= 4 is 34.5 Å². The molecule has 1 aliphatic rings. The SMILES string of the molecule is Cc1c(C(=O)O)ccc2c1CC[C@@H]2NC(=O)c1cc(C(=O)NCc2ccc3oc(=O)n(C)c3c2)nc2ccnn12. The molecule has 2 amide bonds. The molecule has 0 unspecified atom stereocenters. The lowest BCUT2D eigenvalue weighted by Crippen LogP contribution is -2.30. The van der Waals surface area contributed by atoms with Crippen LogP contribution in [0.5, 0.6) is 0 Å². The van der Waals surface area contributed by atoms with Crippen LogP contribution in [0.25, 0.3) is 16.7 Å². The molecular weight excluding hydrogens is 516 g/mol. The second-order valence-corrected chi connectivity index (χ2v) is 9.72. The third-order valence-corrected chi connectivity index (χ3v) is 7.36. The van der Waals surface area contributed by atoms with Crippen molar-refractivity contribution in [3.8, 4) is 0 Å². The average molecular weight is 541 g/mol. The van der Waals surface area contributed by atoms with Gasteiger partial charge in [-0.25, -0.2) is 19.1 Å². The van der Waals surface area contributed by atoms with Gasteiger partial charge in [-0.1, -0.05) is 12.1 Å². The van der Waals surface area contributed by atoms with Gasteiger partial charge in [0.15, 0.2) is 11.2 Å². The summed E-state index contributed by atoms with van der Waals surface area (Å²) in [6.07, 6.45) is 2.76. The summed E-state index contributed by atoms with van der Waals surface area (Å²) >= 11 is 0. The maximum atomic E-state index is 13.4. The number of amides is 2. The first-order valence-corrected chi connectivity index (χ1v) is 12.6. The Morgan fingerprint density at radius 1 is 1.12 bits per heavy atom. The predicted octanol–water partition coefficient (Wildman–Crippen LogP) is 2.53. The summed E-state index contributed by atoms with van der Waals surface area (Å²) in [5.41, 5.74) is 5.10. The van der Waals surface area contributed by atoms with Gasteiger partial charge in [0.1, 0.15) is 11.4 Å². The molecule has 6 rings (SSSR count). The van der Waals surface area contributed by atoms with Gasteiger partial charge >= 0.3 is 11.7 Å². The van der Waals surface area contributed by atoms with Gasteiger partial charge in [0, 0.05) is 25.7 Å². The highest BCUT2D eigenvalue weighted by molar-refractivity contribution is 5.98. The van der Waals surface area contributed by atoms with Crippen molar-refractivity contribution in [2.24, 2.45) is 7.05 Å². The Balaban J connectivity index is 1.23. The van der Waals surface area contributed by atoms with Crippen molar-refractivity contribution in [2.45, 2.75) is 32.4 Å². The molecule has 1 aliphatic carbocycles. The number of rotatable bonds is 6. The van der Waals surface area contributed by atoms with Crippen molar-refractivity contribution < 1.29 is 23.9 Å². The third-order valence-electron chi connectivity index (χ3n) is 7.36. The third kappa shape index (κ3) is 4.19. The normalized spacial score (nSPS) is 14.4. The van der Waals surface area contributed by atoms with Crippen LogP contribution in [0.4, 0.5) is 0 Å². The van der Waals surface area contributed by atoms with E-state index in [1.54, 1.807) is 50.4 Å². The van der Waals surface area contributed by atoms with Gasteiger partial charge in [0.2, 0.25) is 0 Å². The fraction of sp³-hybridized carbons (Fsp3) is 0.214. The van der Waals surface area contributed by atoms with Crippen LogP contribution in [0.2, 0.25) is 0 Å². The summed E-state index contributed by atoms with van der Waals surface area (Å²) in [5.74, 6) is -2.37. The van der Waals surface area contributed by atoms with Crippen LogP contribution in [0.15, 0.2) is 57.9 Å². The number of nitrogens with one attached hydrogen (secondary N) is 2. The monoisotopic (exact) mass is 540 g/mol. The zero-order chi connectivity index (χ0) is 28.1. The maximum Gasteiger partial charge on any atom is 0.419 e. The molecule has 12 nitrogen and oxygen atoms in total. The lowest BCUT2D eigenvalue weighted by molar-refractivity contribution is 0.0695. The number of aromatic carboxylic acids is 1. The van der Waals surface area contributed by atoms with Gasteiger partial charge in [-0.15, -0.1) is 0 Å². The molecule has 0 saturated carbocycles. The first kappa shape index (κ1) is 25.0. The molecule has 0 aliphatic heterocycles. The van der Waals surface area contributed by atoms with Crippen LogP contribution < -0.4 is 16.4 Å². The Kier molecular flexibility index (Phi) is 5.94. The van der Waals surface area contributed by atoms with Crippen LogP contribution in [-0.4, -0.2) is 42.1 Å². The first-order chi connectivity index (χ1) is 19.2. The highest BCUT2D eigenvalue weighted by atomic mass is 16.4. The van der Waals surface area contributed by atoms with Crippen LogP contribution in [-0.2, 0) is 20.0 Å². The molecule has 3 heterocycles. The average Bonchev–Trinajstić information content (AvgIpc) is 3.65. The zero-order valence-electron chi connectivity index (χ0n) is 21.6. The highest BCUT2D eigenvalue weighted by Gasteiger charge is 2.29. The minimum Gasteiger partial charge on any atom is -0.478 e. The molecule has 0 bridgehead atoms. The van der Waals surface area contributed by atoms with Crippen LogP contribution in [0.3, 0.4) is 0 Å². The molecule has 5 aromatic rings. The van der Waals surface area contributed by atoms with Gasteiger partial charge in [-0.2, -0.15) is 5.10 Å². The summed E-state index contributed by atoms with van der Waals surface area (Å²) in [4.78, 5) is 54.1. The van der Waals surface area contributed by atoms with E-state index in [-0.39, 0.29) is 29.5 Å². The first-order valence-electron chi connectivity index (χ1n) is 12.6. The number of carboxylic acids is 1. The van der Waals surface area contributed by atoms with E-state index in [2.05, 4.69) is 20.7 Å². The van der Waals surface area contributed by atoms with E-state index in [1.165, 1.54) is 21.3 Å². The number of carbonyl (C=O) groups is 3. The molecule has 40 heavy (non-hydrogen) atoms. The van der Waals surface area contributed by atoms with Crippen molar-refractivity contribution in [3.63, 3.8) is 0 Å². The van der Waals surface area contributed by atoms with E-state index in [0.717, 1.165) is 16.7 Å². The maximum absolute atomic E-state index is 13.4. The van der Waals surface area contributed by atoms with Gasteiger partial charge in [-0.05, 0) is 60.2 Å². The number of hydrogen-bond acceptors (Lipinski definition) is 7. The van der Waals surface area contributed by atoms with E-state index in [1.807, 2.05) is 0 Å². The van der Waals surface area contributed by atoms with E-state index >= 15 is 0 Å². The number of nitrogens with zero attached hydrogens (tertiary/aromatic N) is 4. The minimum absolute atomic E-state index is 0.0451. The number of carbonyl (C=O) groups excluding carboxylic acids is 2. The van der Waals surface area contributed by atoms with E-state index in [9.17, 15) is 24.3 Å². The Bertz CT molecular complexity index is 1920. The second-order valence-electron chi connectivity index (χ2n) is 9.72. The standard InChI is InChI=1S/C28H24N6O6/c1-14-16-6-7-19(18(16)5-4-17(14)27(37)38)32-26(36)22-12-20(31-24-9-10-30-34(22)24)25(35)29-13-15-3-8-23-21(11-15)33(2)28(39)40-23/h3-5,8-12,19H,6-7,13H2,1-2H3,(H,29,35)(H,32,36)(H,37,38)/t19-/m0/s1. The largest absolute Gasteiger partial charge is 0.478 e. The smallest absolute Gasteiger partial charge is 0.419 e. The molecule has 0 saturated heterocycles. The van der Waals surface area contributed by atoms with Gasteiger partial charge < -0.3 is 20.2 Å². The topological polar surface area (TPSA) is 161 Å². The van der Waals surface area contributed by atoms with Gasteiger partial charge in [0.05, 0.1) is 23.3 Å². The molecular formula is C28H24N6O6. The molecule has 0 fully saturated rings. The van der Waals surface area contributed by atoms with Crippen LogP contribution >= 0.6 is 0 Å². The van der Waals surface area contributed by atoms with E-state index < -0.39 is 23.5 Å². The number of oxazole rings is 1. The van der Waals surface area contributed by atoms with Crippen molar-refractivity contribution in [2.75, 3.05) is 0 Å². The molecule has 3 N–H and O–H groups in total. The summed E-state index contributed by atoms with van der Waals surface area (Å²) in [7, 11) is 1.60. The fourth-order valence-corrected chi connectivity index (χ4v) is 5.24. The molecule has 0 spiro atoms. The second kappa shape index (κ2) is 9.49.